The fraction of sp³-hybridized carbons (Fsp3) is 0.556. The van der Waals surface area contributed by atoms with Gasteiger partial charge in [0.15, 0.2) is 0 Å². The van der Waals surface area contributed by atoms with Crippen LogP contribution in [0.25, 0.3) is 11.0 Å². The van der Waals surface area contributed by atoms with Crippen molar-refractivity contribution >= 4 is 22.8 Å². The third kappa shape index (κ3) is 3.04. The Balaban J connectivity index is 1.39. The maximum atomic E-state index is 12.1. The van der Waals surface area contributed by atoms with E-state index in [-0.39, 0.29) is 5.91 Å². The van der Waals surface area contributed by atoms with Crippen molar-refractivity contribution in [2.45, 2.75) is 38.6 Å². The summed E-state index contributed by atoms with van der Waals surface area (Å²) < 4.78 is 0. The van der Waals surface area contributed by atoms with Crippen molar-refractivity contribution in [1.29, 1.82) is 5.26 Å². The molecule has 2 aliphatic rings. The summed E-state index contributed by atoms with van der Waals surface area (Å²) in [5.41, 5.74) is 0.863. The lowest BCUT2D eigenvalue weighted by atomic mass is 10.0. The van der Waals surface area contributed by atoms with Crippen LogP contribution < -0.4 is 5.32 Å². The number of aromatic amines is 1. The average Bonchev–Trinajstić information content (AvgIpc) is 3.26. The molecular weight excluding hydrogens is 316 g/mol. The Hall–Kier alpha value is -2.62. The van der Waals surface area contributed by atoms with Crippen LogP contribution in [0.2, 0.25) is 0 Å². The van der Waals surface area contributed by atoms with E-state index in [1.807, 2.05) is 24.1 Å². The number of H-pyrrole nitrogens is 1. The van der Waals surface area contributed by atoms with Gasteiger partial charge in [-0.1, -0.05) is 0 Å². The van der Waals surface area contributed by atoms with Crippen LogP contribution in [-0.4, -0.2) is 44.9 Å². The standard InChI is InChI=1S/C18H22N6O/c1-11-21-17-15(4-6-20-17)18(22-11)23-14-7-12-9-24(10-13(12)8-14)16(25)3-2-5-19/h4,6,12-14H,2-3,7-10H2,1H3,(H2,20,21,22,23)/t12-,13+,14-. The van der Waals surface area contributed by atoms with Crippen LogP contribution in [0.3, 0.4) is 0 Å². The highest BCUT2D eigenvalue weighted by Gasteiger charge is 2.42. The number of aromatic nitrogens is 3. The molecular formula is C18H22N6O. The molecule has 1 saturated heterocycles. The van der Waals surface area contributed by atoms with E-state index < -0.39 is 0 Å². The maximum Gasteiger partial charge on any atom is 0.223 e. The van der Waals surface area contributed by atoms with Crippen molar-refractivity contribution < 1.29 is 4.79 Å². The molecule has 3 heterocycles. The number of amides is 1. The Morgan fingerprint density at radius 1 is 1.40 bits per heavy atom. The van der Waals surface area contributed by atoms with Gasteiger partial charge in [0.1, 0.15) is 17.3 Å². The molecule has 1 amide bonds. The van der Waals surface area contributed by atoms with Gasteiger partial charge in [-0.15, -0.1) is 0 Å². The third-order valence-corrected chi connectivity index (χ3v) is 5.42. The number of nitrogens with zero attached hydrogens (tertiary/aromatic N) is 4. The molecule has 1 aliphatic carbocycles. The minimum Gasteiger partial charge on any atom is -0.367 e. The highest BCUT2D eigenvalue weighted by Crippen LogP contribution is 2.39. The van der Waals surface area contributed by atoms with Gasteiger partial charge in [-0.3, -0.25) is 4.79 Å². The van der Waals surface area contributed by atoms with Crippen LogP contribution in [0.5, 0.6) is 0 Å². The molecule has 1 aliphatic heterocycles. The number of aryl methyl sites for hydroxylation is 1. The Kier molecular flexibility index (Phi) is 4.04. The summed E-state index contributed by atoms with van der Waals surface area (Å²) in [6.07, 6.45) is 4.67. The van der Waals surface area contributed by atoms with Gasteiger partial charge in [-0.25, -0.2) is 9.97 Å². The number of carbonyl (C=O) groups excluding carboxylic acids is 1. The zero-order valence-electron chi connectivity index (χ0n) is 14.3. The molecule has 7 heteroatoms. The molecule has 1 saturated carbocycles. The van der Waals surface area contributed by atoms with E-state index in [0.717, 1.165) is 48.6 Å². The lowest BCUT2D eigenvalue weighted by Crippen LogP contribution is -2.31. The predicted octanol–water partition coefficient (Wildman–Crippen LogP) is 2.22. The van der Waals surface area contributed by atoms with Crippen LogP contribution in [0, 0.1) is 30.1 Å². The minimum atomic E-state index is 0.126. The summed E-state index contributed by atoms with van der Waals surface area (Å²) in [6.45, 7) is 3.56. The molecule has 0 unspecified atom stereocenters. The van der Waals surface area contributed by atoms with E-state index in [1.165, 1.54) is 0 Å². The number of nitriles is 1. The minimum absolute atomic E-state index is 0.126. The fourth-order valence-electron chi connectivity index (χ4n) is 4.30. The molecule has 2 aromatic heterocycles. The number of hydrogen-bond acceptors (Lipinski definition) is 5. The SMILES string of the molecule is Cc1nc(N[C@@H]2C[C@@H]3CN(C(=O)CCC#N)C[C@@H]3C2)c2cc[nH]c2n1. The summed E-state index contributed by atoms with van der Waals surface area (Å²) in [7, 11) is 0. The molecule has 0 bridgehead atoms. The molecule has 3 atom stereocenters. The van der Waals surface area contributed by atoms with Crippen LogP contribution in [-0.2, 0) is 4.79 Å². The molecule has 2 fully saturated rings. The second kappa shape index (κ2) is 6.36. The van der Waals surface area contributed by atoms with Gasteiger partial charge in [-0.2, -0.15) is 5.26 Å². The Morgan fingerprint density at radius 2 is 2.16 bits per heavy atom. The average molecular weight is 338 g/mol. The quantitative estimate of drug-likeness (QED) is 0.891. The summed E-state index contributed by atoms with van der Waals surface area (Å²) in [6, 6.07) is 4.44. The van der Waals surface area contributed by atoms with Crippen molar-refractivity contribution in [3.63, 3.8) is 0 Å². The van der Waals surface area contributed by atoms with E-state index in [9.17, 15) is 4.79 Å². The molecule has 0 radical (unpaired) electrons. The number of nitrogens with one attached hydrogen (secondary N) is 2. The largest absolute Gasteiger partial charge is 0.367 e. The van der Waals surface area contributed by atoms with Gasteiger partial charge in [0.05, 0.1) is 11.5 Å². The van der Waals surface area contributed by atoms with Gasteiger partial charge in [-0.05, 0) is 37.7 Å². The van der Waals surface area contributed by atoms with Crippen molar-refractivity contribution in [2.75, 3.05) is 18.4 Å². The van der Waals surface area contributed by atoms with Crippen molar-refractivity contribution in [1.82, 2.24) is 19.9 Å². The second-order valence-corrected chi connectivity index (χ2v) is 7.15. The van der Waals surface area contributed by atoms with Crippen LogP contribution in [0.4, 0.5) is 5.82 Å². The number of carbonyl (C=O) groups is 1. The molecule has 0 aromatic carbocycles. The Labute approximate surface area is 146 Å². The third-order valence-electron chi connectivity index (χ3n) is 5.42. The van der Waals surface area contributed by atoms with Gasteiger partial charge in [0.25, 0.3) is 0 Å². The number of fused-ring (bicyclic) bond motifs is 2. The Morgan fingerprint density at radius 3 is 2.88 bits per heavy atom. The first-order valence-electron chi connectivity index (χ1n) is 8.87. The Bertz CT molecular complexity index is 824. The summed E-state index contributed by atoms with van der Waals surface area (Å²) >= 11 is 0. The predicted molar refractivity (Wildman–Crippen MR) is 93.7 cm³/mol. The van der Waals surface area contributed by atoms with Gasteiger partial charge < -0.3 is 15.2 Å². The van der Waals surface area contributed by atoms with Crippen molar-refractivity contribution in [2.24, 2.45) is 11.8 Å². The normalized spacial score (nSPS) is 25.1. The highest BCUT2D eigenvalue weighted by atomic mass is 16.2. The molecule has 25 heavy (non-hydrogen) atoms. The van der Waals surface area contributed by atoms with E-state index in [2.05, 4.69) is 26.3 Å². The zero-order valence-corrected chi connectivity index (χ0v) is 14.3. The lowest BCUT2D eigenvalue weighted by Gasteiger charge is -2.20. The van der Waals surface area contributed by atoms with Crippen LogP contribution >= 0.6 is 0 Å². The summed E-state index contributed by atoms with van der Waals surface area (Å²) in [5, 5.41) is 13.3. The van der Waals surface area contributed by atoms with E-state index in [4.69, 9.17) is 5.26 Å². The topological polar surface area (TPSA) is 97.7 Å². The van der Waals surface area contributed by atoms with Gasteiger partial charge >= 0.3 is 0 Å². The number of rotatable bonds is 4. The van der Waals surface area contributed by atoms with E-state index in [0.29, 0.717) is 30.7 Å². The van der Waals surface area contributed by atoms with Crippen LogP contribution in [0.1, 0.15) is 31.5 Å². The molecule has 0 spiro atoms. The van der Waals surface area contributed by atoms with Crippen molar-refractivity contribution in [3.05, 3.63) is 18.1 Å². The monoisotopic (exact) mass is 338 g/mol. The fourth-order valence-corrected chi connectivity index (χ4v) is 4.30. The molecule has 2 N–H and O–H groups in total. The molecule has 2 aromatic rings. The van der Waals surface area contributed by atoms with E-state index >= 15 is 0 Å². The number of hydrogen-bond donors (Lipinski definition) is 2. The first kappa shape index (κ1) is 15.9. The van der Waals surface area contributed by atoms with Gasteiger partial charge in [0.2, 0.25) is 5.91 Å². The summed E-state index contributed by atoms with van der Waals surface area (Å²) in [5.74, 6) is 2.88. The summed E-state index contributed by atoms with van der Waals surface area (Å²) in [4.78, 5) is 26.2. The van der Waals surface area contributed by atoms with E-state index in [1.54, 1.807) is 0 Å². The molecule has 7 nitrogen and oxygen atoms in total. The molecule has 130 valence electrons. The lowest BCUT2D eigenvalue weighted by molar-refractivity contribution is -0.130. The maximum absolute atomic E-state index is 12.1. The zero-order chi connectivity index (χ0) is 17.4. The smallest absolute Gasteiger partial charge is 0.223 e. The first-order valence-corrected chi connectivity index (χ1v) is 8.87. The number of likely N-dealkylation sites (tertiary alicyclic amines) is 1. The second-order valence-electron chi connectivity index (χ2n) is 7.15. The number of anilines is 1. The highest BCUT2D eigenvalue weighted by molar-refractivity contribution is 5.87. The van der Waals surface area contributed by atoms with Gasteiger partial charge in [0, 0.05) is 38.2 Å². The first-order chi connectivity index (χ1) is 12.1. The molecule has 4 rings (SSSR count). The van der Waals surface area contributed by atoms with Crippen molar-refractivity contribution in [3.8, 4) is 6.07 Å². The van der Waals surface area contributed by atoms with Crippen LogP contribution in [0.15, 0.2) is 12.3 Å².